The van der Waals surface area contributed by atoms with Crippen LogP contribution in [0.3, 0.4) is 0 Å². The summed E-state index contributed by atoms with van der Waals surface area (Å²) >= 11 is 0. The molecule has 3 unspecified atom stereocenters. The first-order chi connectivity index (χ1) is 9.47. The fourth-order valence-electron chi connectivity index (χ4n) is 2.57. The van der Waals surface area contributed by atoms with Gasteiger partial charge in [-0.2, -0.15) is 9.37 Å². The maximum Gasteiger partial charge on any atom is 0.327 e. The summed E-state index contributed by atoms with van der Waals surface area (Å²) in [5, 5.41) is 13.6. The number of aromatic nitrogens is 3. The highest BCUT2D eigenvalue weighted by Crippen LogP contribution is 2.39. The summed E-state index contributed by atoms with van der Waals surface area (Å²) in [6.45, 7) is 1.47. The van der Waals surface area contributed by atoms with Gasteiger partial charge in [-0.05, 0) is 18.6 Å². The second-order valence-electron chi connectivity index (χ2n) is 4.85. The first-order valence-corrected chi connectivity index (χ1v) is 6.27. The molecule has 2 aromatic heterocycles. The maximum absolute atomic E-state index is 15.1. The van der Waals surface area contributed by atoms with E-state index in [2.05, 4.69) is 10.1 Å². The van der Waals surface area contributed by atoms with Gasteiger partial charge in [-0.15, -0.1) is 5.10 Å². The molecular weight excluding hydrogens is 270 g/mol. The average Bonchev–Trinajstić information content (AvgIpc) is 2.94. The fraction of sp³-hybridized carbons (Fsp3) is 0.500. The van der Waals surface area contributed by atoms with Gasteiger partial charge in [0.1, 0.15) is 11.6 Å². The Balaban J connectivity index is 2.15. The van der Waals surface area contributed by atoms with Crippen LogP contribution >= 0.6 is 0 Å². The minimum Gasteiger partial charge on any atom is -0.387 e. The van der Waals surface area contributed by atoms with E-state index in [1.165, 1.54) is 12.1 Å². The van der Waals surface area contributed by atoms with E-state index in [9.17, 15) is 9.50 Å². The summed E-state index contributed by atoms with van der Waals surface area (Å²) in [5.74, 6) is -0.0900. The Labute approximate surface area is 113 Å². The molecule has 0 bridgehead atoms. The van der Waals surface area contributed by atoms with Crippen molar-refractivity contribution < 1.29 is 18.6 Å². The third-order valence-electron chi connectivity index (χ3n) is 3.67. The highest BCUT2D eigenvalue weighted by molar-refractivity contribution is 5.65. The summed E-state index contributed by atoms with van der Waals surface area (Å²) < 4.78 is 34.6. The SMILES string of the molecule is CCC1OCC(F)(c2ccc3c(N)nc(F)nn23)C1O. The van der Waals surface area contributed by atoms with Crippen LogP contribution in [-0.4, -0.2) is 38.5 Å². The first kappa shape index (κ1) is 13.2. The summed E-state index contributed by atoms with van der Waals surface area (Å²) in [6, 6.07) is 2.89. The number of alkyl halides is 1. The Morgan fingerprint density at radius 1 is 1.60 bits per heavy atom. The van der Waals surface area contributed by atoms with Crippen LogP contribution in [0.4, 0.5) is 14.6 Å². The van der Waals surface area contributed by atoms with Crippen molar-refractivity contribution in [3.63, 3.8) is 0 Å². The van der Waals surface area contributed by atoms with Crippen LogP contribution in [0, 0.1) is 6.08 Å². The summed E-state index contributed by atoms with van der Waals surface area (Å²) in [5.41, 5.74) is 3.71. The monoisotopic (exact) mass is 284 g/mol. The smallest absolute Gasteiger partial charge is 0.327 e. The lowest BCUT2D eigenvalue weighted by molar-refractivity contribution is 0.00230. The van der Waals surface area contributed by atoms with Crippen molar-refractivity contribution in [2.75, 3.05) is 12.3 Å². The van der Waals surface area contributed by atoms with Crippen LogP contribution in [0.2, 0.25) is 0 Å². The second kappa shape index (κ2) is 4.35. The number of halogens is 2. The number of nitrogens with zero attached hydrogens (tertiary/aromatic N) is 3. The topological polar surface area (TPSA) is 85.7 Å². The third kappa shape index (κ3) is 1.68. The lowest BCUT2D eigenvalue weighted by Gasteiger charge is -2.23. The molecule has 1 aliphatic rings. The Hall–Kier alpha value is -1.80. The van der Waals surface area contributed by atoms with Gasteiger partial charge in [-0.3, -0.25) is 0 Å². The molecule has 0 spiro atoms. The van der Waals surface area contributed by atoms with Gasteiger partial charge in [-0.1, -0.05) is 6.92 Å². The van der Waals surface area contributed by atoms with Crippen molar-refractivity contribution in [2.24, 2.45) is 0 Å². The van der Waals surface area contributed by atoms with Crippen molar-refractivity contribution in [3.8, 4) is 0 Å². The maximum atomic E-state index is 15.1. The summed E-state index contributed by atoms with van der Waals surface area (Å²) in [4.78, 5) is 3.38. The number of aliphatic hydroxyl groups is 1. The molecular formula is C12H14F2N4O2. The molecule has 20 heavy (non-hydrogen) atoms. The second-order valence-corrected chi connectivity index (χ2v) is 4.85. The zero-order chi connectivity index (χ0) is 14.5. The van der Waals surface area contributed by atoms with Crippen LogP contribution < -0.4 is 5.73 Å². The molecule has 0 radical (unpaired) electrons. The van der Waals surface area contributed by atoms with Gasteiger partial charge in [-0.25, -0.2) is 8.91 Å². The normalized spacial score (nSPS) is 30.2. The number of anilines is 1. The van der Waals surface area contributed by atoms with E-state index in [0.29, 0.717) is 6.42 Å². The molecule has 0 aromatic carbocycles. The Bertz CT molecular complexity index is 662. The first-order valence-electron chi connectivity index (χ1n) is 6.27. The quantitative estimate of drug-likeness (QED) is 0.851. The van der Waals surface area contributed by atoms with Crippen molar-refractivity contribution in [3.05, 3.63) is 23.9 Å². The molecule has 108 valence electrons. The number of rotatable bonds is 2. The molecule has 1 saturated heterocycles. The standard InChI is InChI=1S/C12H14F2N4O2/c1-2-7-9(19)12(14,5-20-7)8-4-3-6-10(15)16-11(13)17-18(6)8/h3-4,7,9,19H,2,5H2,1H3,(H2,15,16,17). The third-order valence-corrected chi connectivity index (χ3v) is 3.67. The van der Waals surface area contributed by atoms with E-state index < -0.39 is 24.0 Å². The summed E-state index contributed by atoms with van der Waals surface area (Å²) in [7, 11) is 0. The summed E-state index contributed by atoms with van der Waals surface area (Å²) in [6.07, 6.45) is -2.53. The molecule has 3 atom stereocenters. The lowest BCUT2D eigenvalue weighted by atomic mass is 9.94. The Morgan fingerprint density at radius 3 is 3.00 bits per heavy atom. The van der Waals surface area contributed by atoms with Crippen molar-refractivity contribution in [2.45, 2.75) is 31.2 Å². The van der Waals surface area contributed by atoms with Crippen LogP contribution in [0.15, 0.2) is 12.1 Å². The number of ether oxygens (including phenoxy) is 1. The van der Waals surface area contributed by atoms with Gasteiger partial charge in [0.05, 0.1) is 18.4 Å². The fourth-order valence-corrected chi connectivity index (χ4v) is 2.57. The van der Waals surface area contributed by atoms with E-state index in [0.717, 1.165) is 4.52 Å². The van der Waals surface area contributed by atoms with E-state index in [4.69, 9.17) is 10.5 Å². The largest absolute Gasteiger partial charge is 0.387 e. The molecule has 8 heteroatoms. The predicted molar refractivity (Wildman–Crippen MR) is 66.2 cm³/mol. The number of nitrogen functional groups attached to an aromatic ring is 1. The van der Waals surface area contributed by atoms with Crippen LogP contribution in [0.25, 0.3) is 5.52 Å². The van der Waals surface area contributed by atoms with E-state index in [1.54, 1.807) is 6.92 Å². The number of hydrogen-bond acceptors (Lipinski definition) is 5. The van der Waals surface area contributed by atoms with Gasteiger partial charge >= 0.3 is 6.08 Å². The van der Waals surface area contributed by atoms with E-state index >= 15 is 4.39 Å². The van der Waals surface area contributed by atoms with Crippen molar-refractivity contribution in [1.29, 1.82) is 0 Å². The lowest BCUT2D eigenvalue weighted by Crippen LogP contribution is -2.38. The number of fused-ring (bicyclic) bond motifs is 1. The van der Waals surface area contributed by atoms with Gasteiger partial charge in [0.25, 0.3) is 0 Å². The molecule has 0 saturated carbocycles. The van der Waals surface area contributed by atoms with Gasteiger partial charge in [0.2, 0.25) is 5.67 Å². The molecule has 2 aromatic rings. The van der Waals surface area contributed by atoms with Gasteiger partial charge in [0, 0.05) is 0 Å². The van der Waals surface area contributed by atoms with Gasteiger partial charge in [0.15, 0.2) is 5.82 Å². The minimum atomic E-state index is -2.15. The zero-order valence-corrected chi connectivity index (χ0v) is 10.8. The highest BCUT2D eigenvalue weighted by Gasteiger charge is 2.52. The number of nitrogens with two attached hydrogens (primary N) is 1. The zero-order valence-electron chi connectivity index (χ0n) is 10.8. The average molecular weight is 284 g/mol. The van der Waals surface area contributed by atoms with Crippen LogP contribution in [-0.2, 0) is 10.4 Å². The van der Waals surface area contributed by atoms with E-state index in [1.807, 2.05) is 0 Å². The van der Waals surface area contributed by atoms with Crippen LogP contribution in [0.5, 0.6) is 0 Å². The highest BCUT2D eigenvalue weighted by atomic mass is 19.1. The number of hydrogen-bond donors (Lipinski definition) is 2. The van der Waals surface area contributed by atoms with Crippen molar-refractivity contribution >= 4 is 11.3 Å². The van der Waals surface area contributed by atoms with E-state index in [-0.39, 0.29) is 23.6 Å². The molecule has 0 aliphatic carbocycles. The number of aliphatic hydroxyl groups excluding tert-OH is 1. The molecule has 1 aliphatic heterocycles. The Kier molecular flexibility index (Phi) is 2.87. The molecule has 3 heterocycles. The molecule has 1 fully saturated rings. The predicted octanol–water partition coefficient (Wildman–Crippen LogP) is 0.785. The Morgan fingerprint density at radius 2 is 2.35 bits per heavy atom. The van der Waals surface area contributed by atoms with Crippen LogP contribution in [0.1, 0.15) is 19.0 Å². The van der Waals surface area contributed by atoms with Crippen molar-refractivity contribution in [1.82, 2.24) is 14.6 Å². The van der Waals surface area contributed by atoms with Gasteiger partial charge < -0.3 is 15.6 Å². The molecule has 0 amide bonds. The minimum absolute atomic E-state index is 0.00366. The molecule has 3 N–H and O–H groups in total. The molecule has 6 nitrogen and oxygen atoms in total. The molecule has 3 rings (SSSR count).